The molecule has 10 nitrogen and oxygen atoms in total. The van der Waals surface area contributed by atoms with Crippen molar-refractivity contribution in [1.82, 2.24) is 24.7 Å². The van der Waals surface area contributed by atoms with Crippen molar-refractivity contribution in [3.05, 3.63) is 70.5 Å². The summed E-state index contributed by atoms with van der Waals surface area (Å²) in [4.78, 5) is 37.1. The van der Waals surface area contributed by atoms with E-state index >= 15 is 0 Å². The molecule has 0 radical (unpaired) electrons. The molecule has 11 heteroatoms. The van der Waals surface area contributed by atoms with Crippen LogP contribution in [0.3, 0.4) is 0 Å². The van der Waals surface area contributed by atoms with Crippen LogP contribution >= 0.6 is 11.6 Å². The summed E-state index contributed by atoms with van der Waals surface area (Å²) in [6.45, 7) is -0.243. The molecular formula is C20H15ClN6O4. The minimum Gasteiger partial charge on any atom is -0.495 e. The molecule has 0 spiro atoms. The summed E-state index contributed by atoms with van der Waals surface area (Å²) in [5.74, 6) is 0.435. The van der Waals surface area contributed by atoms with Crippen molar-refractivity contribution in [1.29, 1.82) is 0 Å². The van der Waals surface area contributed by atoms with Gasteiger partial charge >= 0.3 is 0 Å². The van der Waals surface area contributed by atoms with Crippen LogP contribution in [0.15, 0.2) is 64.4 Å². The molecule has 1 aromatic carbocycles. The van der Waals surface area contributed by atoms with Gasteiger partial charge in [-0.25, -0.2) is 4.98 Å². The predicted molar refractivity (Wildman–Crippen MR) is 112 cm³/mol. The highest BCUT2D eigenvalue weighted by Crippen LogP contribution is 2.27. The van der Waals surface area contributed by atoms with Crippen molar-refractivity contribution in [2.24, 2.45) is 0 Å². The van der Waals surface area contributed by atoms with Gasteiger partial charge in [0, 0.05) is 29.7 Å². The number of hydrogen-bond donors (Lipinski definition) is 1. The fourth-order valence-electron chi connectivity index (χ4n) is 2.76. The van der Waals surface area contributed by atoms with Gasteiger partial charge in [0.05, 0.1) is 24.6 Å². The van der Waals surface area contributed by atoms with Crippen molar-refractivity contribution in [2.75, 3.05) is 12.4 Å². The lowest BCUT2D eigenvalue weighted by Crippen LogP contribution is -2.27. The Balaban J connectivity index is 1.55. The predicted octanol–water partition coefficient (Wildman–Crippen LogP) is 2.66. The zero-order valence-corrected chi connectivity index (χ0v) is 16.9. The third-order valence-electron chi connectivity index (χ3n) is 4.20. The van der Waals surface area contributed by atoms with Gasteiger partial charge in [-0.15, -0.1) is 0 Å². The molecule has 0 bridgehead atoms. The minimum absolute atomic E-state index is 0.173. The van der Waals surface area contributed by atoms with E-state index in [2.05, 4.69) is 25.4 Å². The molecule has 0 saturated heterocycles. The maximum absolute atomic E-state index is 12.5. The maximum Gasteiger partial charge on any atom is 0.259 e. The normalized spacial score (nSPS) is 10.6. The van der Waals surface area contributed by atoms with Crippen molar-refractivity contribution < 1.29 is 14.1 Å². The highest BCUT2D eigenvalue weighted by molar-refractivity contribution is 6.31. The van der Waals surface area contributed by atoms with E-state index in [0.717, 1.165) is 0 Å². The lowest BCUT2D eigenvalue weighted by molar-refractivity contribution is -0.116. The fourth-order valence-corrected chi connectivity index (χ4v) is 2.94. The molecule has 3 heterocycles. The first-order valence-electron chi connectivity index (χ1n) is 8.98. The number of rotatable bonds is 6. The summed E-state index contributed by atoms with van der Waals surface area (Å²) < 4.78 is 11.7. The number of benzene rings is 1. The summed E-state index contributed by atoms with van der Waals surface area (Å²) in [6.07, 6.45) is 6.01. The Morgan fingerprint density at radius 2 is 2.13 bits per heavy atom. The van der Waals surface area contributed by atoms with E-state index in [4.69, 9.17) is 20.9 Å². The molecule has 4 aromatic rings. The molecule has 3 aromatic heterocycles. The Labute approximate surface area is 180 Å². The van der Waals surface area contributed by atoms with Gasteiger partial charge in [-0.05, 0) is 24.3 Å². The van der Waals surface area contributed by atoms with Crippen molar-refractivity contribution in [3.8, 4) is 28.7 Å². The number of halogens is 1. The monoisotopic (exact) mass is 438 g/mol. The molecule has 156 valence electrons. The fraction of sp³-hybridized carbons (Fsp3) is 0.100. The number of aromatic nitrogens is 5. The van der Waals surface area contributed by atoms with E-state index in [1.807, 2.05) is 0 Å². The third-order valence-corrected chi connectivity index (χ3v) is 4.43. The average molecular weight is 439 g/mol. The van der Waals surface area contributed by atoms with E-state index in [0.29, 0.717) is 27.7 Å². The van der Waals surface area contributed by atoms with Crippen LogP contribution in [-0.2, 0) is 11.3 Å². The number of amides is 1. The highest BCUT2D eigenvalue weighted by atomic mass is 35.5. The van der Waals surface area contributed by atoms with Crippen LogP contribution in [0, 0.1) is 0 Å². The summed E-state index contributed by atoms with van der Waals surface area (Å²) in [6, 6.07) is 7.68. The Bertz CT molecular complexity index is 1290. The van der Waals surface area contributed by atoms with Gasteiger partial charge in [-0.1, -0.05) is 16.8 Å². The van der Waals surface area contributed by atoms with Crippen LogP contribution in [-0.4, -0.2) is 37.7 Å². The number of anilines is 1. The van der Waals surface area contributed by atoms with Crippen LogP contribution in [0.2, 0.25) is 5.02 Å². The molecule has 0 unspecified atom stereocenters. The minimum atomic E-state index is -0.439. The standard InChI is InChI=1S/C20H15ClN6O4/c1-30-16-4-3-13(21)8-14(16)24-17(28)11-27-10-12(2-5-18(27)29)20-25-19(26-31-20)15-9-22-6-7-23-15/h2-10H,11H2,1H3,(H,24,28). The van der Waals surface area contributed by atoms with Gasteiger partial charge in [-0.3, -0.25) is 14.6 Å². The maximum atomic E-state index is 12.5. The van der Waals surface area contributed by atoms with Crippen molar-refractivity contribution in [2.45, 2.75) is 6.54 Å². The quantitative estimate of drug-likeness (QED) is 0.487. The molecule has 0 saturated carbocycles. The molecule has 0 aliphatic carbocycles. The molecule has 4 rings (SSSR count). The number of nitrogens with one attached hydrogen (secondary N) is 1. The summed E-state index contributed by atoms with van der Waals surface area (Å²) in [5.41, 5.74) is 0.941. The molecule has 0 atom stereocenters. The number of ether oxygens (including phenoxy) is 1. The van der Waals surface area contributed by atoms with E-state index in [1.54, 1.807) is 18.2 Å². The number of pyridine rings is 1. The van der Waals surface area contributed by atoms with Crippen LogP contribution in [0.4, 0.5) is 5.69 Å². The highest BCUT2D eigenvalue weighted by Gasteiger charge is 2.14. The van der Waals surface area contributed by atoms with Crippen LogP contribution in [0.5, 0.6) is 5.75 Å². The van der Waals surface area contributed by atoms with Crippen LogP contribution < -0.4 is 15.6 Å². The summed E-state index contributed by atoms with van der Waals surface area (Å²) in [7, 11) is 1.48. The summed E-state index contributed by atoms with van der Waals surface area (Å²) in [5, 5.41) is 7.00. The molecule has 0 aliphatic rings. The van der Waals surface area contributed by atoms with E-state index in [-0.39, 0.29) is 23.8 Å². The molecular weight excluding hydrogens is 424 g/mol. The van der Waals surface area contributed by atoms with Gasteiger partial charge in [-0.2, -0.15) is 4.98 Å². The SMILES string of the molecule is COc1ccc(Cl)cc1NC(=O)Cn1cc(-c2nc(-c3cnccn3)no2)ccc1=O. The molecule has 31 heavy (non-hydrogen) atoms. The van der Waals surface area contributed by atoms with Crippen molar-refractivity contribution >= 4 is 23.2 Å². The van der Waals surface area contributed by atoms with Crippen molar-refractivity contribution in [3.63, 3.8) is 0 Å². The van der Waals surface area contributed by atoms with Crippen LogP contribution in [0.1, 0.15) is 0 Å². The lowest BCUT2D eigenvalue weighted by Gasteiger charge is -2.11. The Kier molecular flexibility index (Phi) is 5.72. The molecule has 1 amide bonds. The number of carbonyl (C=O) groups excluding carboxylic acids is 1. The second-order valence-corrected chi connectivity index (χ2v) is 6.73. The zero-order valence-electron chi connectivity index (χ0n) is 16.2. The first-order chi connectivity index (χ1) is 15.0. The number of carbonyl (C=O) groups is 1. The molecule has 0 fully saturated rings. The second kappa shape index (κ2) is 8.76. The zero-order chi connectivity index (χ0) is 21.8. The Morgan fingerprint density at radius 1 is 1.26 bits per heavy atom. The van der Waals surface area contributed by atoms with E-state index in [1.165, 1.54) is 48.6 Å². The Morgan fingerprint density at radius 3 is 2.90 bits per heavy atom. The molecule has 1 N–H and O–H groups in total. The average Bonchev–Trinajstić information content (AvgIpc) is 3.26. The smallest absolute Gasteiger partial charge is 0.259 e. The topological polar surface area (TPSA) is 125 Å². The largest absolute Gasteiger partial charge is 0.495 e. The molecule has 0 aliphatic heterocycles. The number of hydrogen-bond acceptors (Lipinski definition) is 8. The van der Waals surface area contributed by atoms with E-state index < -0.39 is 5.91 Å². The van der Waals surface area contributed by atoms with Gasteiger partial charge in [0.25, 0.3) is 11.4 Å². The summed E-state index contributed by atoms with van der Waals surface area (Å²) >= 11 is 5.98. The number of methoxy groups -OCH3 is 1. The van der Waals surface area contributed by atoms with Gasteiger partial charge in [0.15, 0.2) is 0 Å². The first kappa shape index (κ1) is 20.2. The van der Waals surface area contributed by atoms with Gasteiger partial charge < -0.3 is 19.1 Å². The van der Waals surface area contributed by atoms with E-state index in [9.17, 15) is 9.59 Å². The van der Waals surface area contributed by atoms with Crippen LogP contribution in [0.25, 0.3) is 23.0 Å². The first-order valence-corrected chi connectivity index (χ1v) is 9.35. The Hall–Kier alpha value is -4.05. The van der Waals surface area contributed by atoms with Gasteiger partial charge in [0.2, 0.25) is 11.7 Å². The van der Waals surface area contributed by atoms with Gasteiger partial charge in [0.1, 0.15) is 18.0 Å². The lowest BCUT2D eigenvalue weighted by atomic mass is 10.2. The third kappa shape index (κ3) is 4.59. The number of nitrogens with zero attached hydrogens (tertiary/aromatic N) is 5. The second-order valence-electron chi connectivity index (χ2n) is 6.29.